The molecule has 3 aromatic carbocycles. The highest BCUT2D eigenvalue weighted by Gasteiger charge is 2.53. The van der Waals surface area contributed by atoms with Crippen LogP contribution in [-0.2, 0) is 14.9 Å². The van der Waals surface area contributed by atoms with E-state index in [9.17, 15) is 23.2 Å². The lowest BCUT2D eigenvalue weighted by atomic mass is 9.83. The molecule has 0 saturated carbocycles. The summed E-state index contributed by atoms with van der Waals surface area (Å²) in [6, 6.07) is 12.0. The van der Waals surface area contributed by atoms with E-state index in [0.717, 1.165) is 12.1 Å². The Hall–Kier alpha value is -1.67. The average Bonchev–Trinajstić information content (AvgIpc) is 2.62. The second kappa shape index (κ2) is 7.87. The van der Waals surface area contributed by atoms with E-state index in [4.69, 9.17) is 46.4 Å². The molecule has 0 aliphatic heterocycles. The van der Waals surface area contributed by atoms with Crippen molar-refractivity contribution < 1.29 is 23.2 Å². The normalized spacial score (nSPS) is 13.8. The number of phenols is 2. The van der Waals surface area contributed by atoms with Gasteiger partial charge in [0, 0.05) is 22.2 Å². The molecule has 0 amide bonds. The van der Waals surface area contributed by atoms with Crippen molar-refractivity contribution in [2.75, 3.05) is 0 Å². The molecule has 0 aromatic heterocycles. The summed E-state index contributed by atoms with van der Waals surface area (Å²) in [4.78, 5) is 0. The second-order valence-electron chi connectivity index (χ2n) is 6.06. The van der Waals surface area contributed by atoms with Crippen LogP contribution in [0.3, 0.4) is 0 Å². The lowest BCUT2D eigenvalue weighted by molar-refractivity contribution is 0.431. The quantitative estimate of drug-likeness (QED) is 0.239. The first-order valence-electron chi connectivity index (χ1n) is 7.90. The summed E-state index contributed by atoms with van der Waals surface area (Å²) in [5.74, 6) is -1.12. The number of phenolic OH excluding ortho intramolecular Hbond substituents is 2. The monoisotopic (exact) mass is 492 g/mol. The van der Waals surface area contributed by atoms with E-state index in [2.05, 4.69) is 0 Å². The predicted molar refractivity (Wildman–Crippen MR) is 114 cm³/mol. The maximum absolute atomic E-state index is 13.0. The molecule has 5 nitrogen and oxygen atoms in total. The summed E-state index contributed by atoms with van der Waals surface area (Å²) in [5.41, 5.74) is -0.766. The summed E-state index contributed by atoms with van der Waals surface area (Å²) in [6.07, 6.45) is 0. The van der Waals surface area contributed by atoms with Gasteiger partial charge in [-0.05, 0) is 23.8 Å². The van der Waals surface area contributed by atoms with Gasteiger partial charge in [-0.2, -0.15) is 8.42 Å². The van der Waals surface area contributed by atoms with Gasteiger partial charge in [-0.25, -0.2) is 0 Å². The van der Waals surface area contributed by atoms with Crippen LogP contribution in [0, 0.1) is 0 Å². The Balaban J connectivity index is 2.69. The molecule has 3 N–H and O–H groups in total. The van der Waals surface area contributed by atoms with E-state index in [0.29, 0.717) is 0 Å². The van der Waals surface area contributed by atoms with Crippen LogP contribution in [-0.4, -0.2) is 23.2 Å². The van der Waals surface area contributed by atoms with Crippen molar-refractivity contribution in [1.29, 1.82) is 0 Å². The van der Waals surface area contributed by atoms with Crippen LogP contribution in [0.4, 0.5) is 0 Å². The molecule has 0 aliphatic carbocycles. The lowest BCUT2D eigenvalue weighted by Gasteiger charge is -2.35. The molecule has 3 aromatic rings. The number of halogens is 4. The van der Waals surface area contributed by atoms with E-state index >= 15 is 0 Å². The maximum Gasteiger partial charge on any atom is 0.283 e. The summed E-state index contributed by atoms with van der Waals surface area (Å²) < 4.78 is 34.0. The second-order valence-corrected chi connectivity index (χ2v) is 9.22. The van der Waals surface area contributed by atoms with Crippen LogP contribution in [0.25, 0.3) is 0 Å². The Bertz CT molecular complexity index is 1180. The van der Waals surface area contributed by atoms with Crippen molar-refractivity contribution in [3.05, 3.63) is 91.4 Å². The Morgan fingerprint density at radius 1 is 0.759 bits per heavy atom. The van der Waals surface area contributed by atoms with Crippen molar-refractivity contribution in [2.45, 2.75) is 4.75 Å². The number of aromatic hydroxyl groups is 2. The maximum atomic E-state index is 13.0. The van der Waals surface area contributed by atoms with Gasteiger partial charge in [0.15, 0.2) is 4.75 Å². The van der Waals surface area contributed by atoms with E-state index in [1.165, 1.54) is 36.4 Å². The molecular weight excluding hydrogens is 482 g/mol. The summed E-state index contributed by atoms with van der Waals surface area (Å²) in [5, 5.41) is 19.6. The number of hydrogen-bond donors (Lipinski definition) is 3. The zero-order chi connectivity index (χ0) is 21.6. The van der Waals surface area contributed by atoms with Crippen molar-refractivity contribution in [2.24, 2.45) is 0 Å². The molecule has 152 valence electrons. The molecule has 0 saturated heterocycles. The van der Waals surface area contributed by atoms with Crippen LogP contribution in [0.5, 0.6) is 11.5 Å². The van der Waals surface area contributed by atoms with Crippen LogP contribution in [0.15, 0.2) is 54.6 Å². The van der Waals surface area contributed by atoms with Gasteiger partial charge in [-0.3, -0.25) is 4.55 Å². The van der Waals surface area contributed by atoms with E-state index < -0.39 is 31.9 Å². The highest BCUT2D eigenvalue weighted by molar-refractivity contribution is 7.87. The molecule has 29 heavy (non-hydrogen) atoms. The third kappa shape index (κ3) is 3.54. The standard InChI is InChI=1S/C19H12Cl4O5S/c20-12-6-7-13(21)18(23)17(12)19(29(26,27)28,10-4-2-1-3-5-10)16-14(22)8-11(24)9-15(16)25/h1-9,24-25H,(H,26,27,28). The molecule has 0 bridgehead atoms. The zero-order valence-electron chi connectivity index (χ0n) is 14.3. The molecule has 3 rings (SSSR count). The first kappa shape index (κ1) is 22.0. The summed E-state index contributed by atoms with van der Waals surface area (Å²) in [7, 11) is -5.16. The fourth-order valence-electron chi connectivity index (χ4n) is 3.27. The Labute approximate surface area is 186 Å². The van der Waals surface area contributed by atoms with Gasteiger partial charge in [0.25, 0.3) is 10.1 Å². The number of hydrogen-bond acceptors (Lipinski definition) is 4. The van der Waals surface area contributed by atoms with Crippen LogP contribution in [0.2, 0.25) is 20.1 Å². The molecule has 0 radical (unpaired) electrons. The predicted octanol–water partition coefficient (Wildman–Crippen LogP) is 5.89. The fraction of sp³-hybridized carbons (Fsp3) is 0.0526. The minimum Gasteiger partial charge on any atom is -0.508 e. The Morgan fingerprint density at radius 2 is 1.34 bits per heavy atom. The van der Waals surface area contributed by atoms with E-state index in [1.54, 1.807) is 6.07 Å². The smallest absolute Gasteiger partial charge is 0.283 e. The van der Waals surface area contributed by atoms with Crippen LogP contribution < -0.4 is 0 Å². The molecule has 0 heterocycles. The topological polar surface area (TPSA) is 94.8 Å². The first-order valence-corrected chi connectivity index (χ1v) is 10.9. The SMILES string of the molecule is O=S(=O)(O)C(c1ccccc1)(c1c(O)cc(O)cc1Cl)c1c(Cl)ccc(Cl)c1Cl. The zero-order valence-corrected chi connectivity index (χ0v) is 18.1. The average molecular weight is 494 g/mol. The summed E-state index contributed by atoms with van der Waals surface area (Å²) in [6.45, 7) is 0. The molecule has 0 fully saturated rings. The number of rotatable bonds is 4. The number of benzene rings is 3. The van der Waals surface area contributed by atoms with Gasteiger partial charge < -0.3 is 10.2 Å². The highest BCUT2D eigenvalue weighted by Crippen LogP contribution is 2.54. The van der Waals surface area contributed by atoms with Crippen LogP contribution in [0.1, 0.15) is 16.7 Å². The summed E-state index contributed by atoms with van der Waals surface area (Å²) >= 11 is 25.1. The molecule has 1 unspecified atom stereocenters. The van der Waals surface area contributed by atoms with Crippen molar-refractivity contribution in [3.63, 3.8) is 0 Å². The van der Waals surface area contributed by atoms with Gasteiger partial charge in [0.05, 0.1) is 15.1 Å². The Morgan fingerprint density at radius 3 is 1.90 bits per heavy atom. The van der Waals surface area contributed by atoms with E-state index in [-0.39, 0.29) is 31.2 Å². The third-order valence-corrected chi connectivity index (χ3v) is 7.20. The minimum atomic E-state index is -5.16. The van der Waals surface area contributed by atoms with Gasteiger partial charge in [-0.15, -0.1) is 0 Å². The first-order chi connectivity index (χ1) is 13.5. The molecule has 1 atom stereocenters. The van der Waals surface area contributed by atoms with Crippen LogP contribution >= 0.6 is 46.4 Å². The van der Waals surface area contributed by atoms with Gasteiger partial charge in [0.2, 0.25) is 0 Å². The molecule has 0 aliphatic rings. The third-order valence-electron chi connectivity index (χ3n) is 4.37. The van der Waals surface area contributed by atoms with Crippen molar-refractivity contribution in [3.8, 4) is 11.5 Å². The molecular formula is C19H12Cl4O5S. The largest absolute Gasteiger partial charge is 0.508 e. The van der Waals surface area contributed by atoms with Crippen molar-refractivity contribution in [1.82, 2.24) is 0 Å². The molecule has 10 heteroatoms. The fourth-order valence-corrected chi connectivity index (χ4v) is 5.98. The van der Waals surface area contributed by atoms with E-state index in [1.807, 2.05) is 0 Å². The van der Waals surface area contributed by atoms with Crippen molar-refractivity contribution >= 4 is 56.5 Å². The lowest BCUT2D eigenvalue weighted by Crippen LogP contribution is -2.39. The van der Waals surface area contributed by atoms with Gasteiger partial charge in [0.1, 0.15) is 11.5 Å². The highest BCUT2D eigenvalue weighted by atomic mass is 35.5. The minimum absolute atomic E-state index is 0.0172. The Kier molecular flexibility index (Phi) is 5.98. The van der Waals surface area contributed by atoms with Gasteiger partial charge in [-0.1, -0.05) is 76.7 Å². The molecule has 0 spiro atoms. The van der Waals surface area contributed by atoms with Gasteiger partial charge >= 0.3 is 0 Å².